The lowest BCUT2D eigenvalue weighted by atomic mass is 9.77. The van der Waals surface area contributed by atoms with Crippen LogP contribution in [0, 0.1) is 11.3 Å². The van der Waals surface area contributed by atoms with Crippen molar-refractivity contribution >= 4 is 5.91 Å². The number of rotatable bonds is 7. The summed E-state index contributed by atoms with van der Waals surface area (Å²) < 4.78 is 51.3. The van der Waals surface area contributed by atoms with Crippen LogP contribution in [0.5, 0.6) is 0 Å². The summed E-state index contributed by atoms with van der Waals surface area (Å²) in [7, 11) is 3.86. The molecular formula is C28H40F3N3O3. The Kier molecular flexibility index (Phi) is 7.62. The molecule has 6 nitrogen and oxygen atoms in total. The van der Waals surface area contributed by atoms with E-state index in [2.05, 4.69) is 24.2 Å². The van der Waals surface area contributed by atoms with E-state index in [1.165, 1.54) is 18.9 Å². The van der Waals surface area contributed by atoms with Crippen LogP contribution in [-0.4, -0.2) is 80.4 Å². The molecule has 2 unspecified atom stereocenters. The van der Waals surface area contributed by atoms with Crippen LogP contribution in [0.15, 0.2) is 18.2 Å². The molecule has 1 N–H and O–H groups in total. The second kappa shape index (κ2) is 10.5. The first kappa shape index (κ1) is 26.9. The van der Waals surface area contributed by atoms with E-state index in [4.69, 9.17) is 9.47 Å². The van der Waals surface area contributed by atoms with Crippen molar-refractivity contribution < 1.29 is 27.4 Å². The van der Waals surface area contributed by atoms with Crippen LogP contribution in [0.25, 0.3) is 0 Å². The number of hydrogen-bond acceptors (Lipinski definition) is 5. The Morgan fingerprint density at radius 2 is 2.05 bits per heavy atom. The first-order valence-corrected chi connectivity index (χ1v) is 13.6. The Labute approximate surface area is 217 Å². The van der Waals surface area contributed by atoms with Crippen LogP contribution in [-0.2, 0) is 33.4 Å². The smallest absolute Gasteiger partial charge is 0.379 e. The topological polar surface area (TPSA) is 54.0 Å². The monoisotopic (exact) mass is 523 g/mol. The molecule has 1 amide bonds. The van der Waals surface area contributed by atoms with Crippen LogP contribution in [0.4, 0.5) is 13.2 Å². The normalized spacial score (nSPS) is 32.6. The summed E-state index contributed by atoms with van der Waals surface area (Å²) in [5, 5.41) is 3.80. The number of ether oxygens (including phenoxy) is 2. The van der Waals surface area contributed by atoms with Gasteiger partial charge in [-0.1, -0.05) is 13.0 Å². The standard InChI is InChI=1S/C28H40F3N3O3/c1-27(26(35)34-10-8-18-4-5-20(28(29,30)31)12-19(18)15-34)14-22(13-21(27)16-33(2)23-6-7-23)32-24-9-11-37-17-25(24)36-3/h4-5,12,21-25,32H,6-11,13-17H2,1-3H3/t21-,22+,24?,25?,27+/m0/s1. The maximum Gasteiger partial charge on any atom is 0.416 e. The molecule has 2 heterocycles. The van der Waals surface area contributed by atoms with Gasteiger partial charge in [-0.25, -0.2) is 0 Å². The molecule has 3 fully saturated rings. The summed E-state index contributed by atoms with van der Waals surface area (Å²) >= 11 is 0. The van der Waals surface area contributed by atoms with Crippen LogP contribution in [0.1, 0.15) is 55.7 Å². The van der Waals surface area contributed by atoms with Crippen molar-refractivity contribution in [2.75, 3.05) is 40.5 Å². The van der Waals surface area contributed by atoms with E-state index >= 15 is 0 Å². The van der Waals surface area contributed by atoms with E-state index in [0.29, 0.717) is 37.8 Å². The summed E-state index contributed by atoms with van der Waals surface area (Å²) in [5.41, 5.74) is 0.295. The van der Waals surface area contributed by atoms with E-state index in [-0.39, 0.29) is 36.6 Å². The molecule has 5 atom stereocenters. The van der Waals surface area contributed by atoms with Crippen molar-refractivity contribution in [2.45, 2.75) is 82.4 Å². The highest BCUT2D eigenvalue weighted by molar-refractivity contribution is 5.83. The van der Waals surface area contributed by atoms with Gasteiger partial charge >= 0.3 is 6.18 Å². The van der Waals surface area contributed by atoms with E-state index < -0.39 is 17.2 Å². The molecule has 0 bridgehead atoms. The van der Waals surface area contributed by atoms with Crippen LogP contribution < -0.4 is 5.32 Å². The minimum Gasteiger partial charge on any atom is -0.379 e. The molecule has 2 aliphatic carbocycles. The van der Waals surface area contributed by atoms with Gasteiger partial charge in [0.2, 0.25) is 5.91 Å². The fourth-order valence-electron chi connectivity index (χ4n) is 6.75. The van der Waals surface area contributed by atoms with Gasteiger partial charge < -0.3 is 24.6 Å². The van der Waals surface area contributed by atoms with E-state index in [0.717, 1.165) is 37.4 Å². The molecule has 9 heteroatoms. The average Bonchev–Trinajstić information content (AvgIpc) is 3.68. The maximum absolute atomic E-state index is 14.2. The number of nitrogens with one attached hydrogen (secondary N) is 1. The molecular weight excluding hydrogens is 483 g/mol. The van der Waals surface area contributed by atoms with Crippen molar-refractivity contribution in [1.82, 2.24) is 15.1 Å². The van der Waals surface area contributed by atoms with Gasteiger partial charge in [0.1, 0.15) is 0 Å². The highest BCUT2D eigenvalue weighted by Crippen LogP contribution is 2.47. The molecule has 206 valence electrons. The number of methoxy groups -OCH3 is 1. The van der Waals surface area contributed by atoms with E-state index in [1.807, 2.05) is 0 Å². The predicted molar refractivity (Wildman–Crippen MR) is 134 cm³/mol. The molecule has 1 saturated heterocycles. The van der Waals surface area contributed by atoms with Gasteiger partial charge in [0.25, 0.3) is 0 Å². The third-order valence-electron chi connectivity index (χ3n) is 9.20. The number of carbonyl (C=O) groups is 1. The van der Waals surface area contributed by atoms with Gasteiger partial charge in [0.05, 0.1) is 23.7 Å². The SMILES string of the molecule is COC1COCCC1N[C@@H]1C[C@@H](CN(C)C2CC2)[C@](C)(C(=O)N2CCc3ccc(C(F)(F)F)cc3C2)C1. The quantitative estimate of drug-likeness (QED) is 0.588. The number of alkyl halides is 3. The first-order valence-electron chi connectivity index (χ1n) is 13.6. The fourth-order valence-corrected chi connectivity index (χ4v) is 6.75. The zero-order chi connectivity index (χ0) is 26.4. The zero-order valence-corrected chi connectivity index (χ0v) is 22.2. The van der Waals surface area contributed by atoms with Gasteiger partial charge in [-0.2, -0.15) is 13.2 Å². The van der Waals surface area contributed by atoms with Crippen molar-refractivity contribution in [3.05, 3.63) is 34.9 Å². The van der Waals surface area contributed by atoms with Crippen molar-refractivity contribution in [3.63, 3.8) is 0 Å². The summed E-state index contributed by atoms with van der Waals surface area (Å²) in [4.78, 5) is 18.4. The minimum absolute atomic E-state index is 0.00896. The van der Waals surface area contributed by atoms with Crippen LogP contribution >= 0.6 is 0 Å². The number of carbonyl (C=O) groups excluding carboxylic acids is 1. The molecule has 37 heavy (non-hydrogen) atoms. The van der Waals surface area contributed by atoms with Gasteiger partial charge in [-0.05, 0) is 74.8 Å². The minimum atomic E-state index is -4.39. The number of amides is 1. The maximum atomic E-state index is 14.2. The van der Waals surface area contributed by atoms with Gasteiger partial charge in [0.15, 0.2) is 0 Å². The Balaban J connectivity index is 1.34. The number of halogens is 3. The molecule has 0 aromatic heterocycles. The highest BCUT2D eigenvalue weighted by Gasteiger charge is 2.52. The molecule has 1 aromatic carbocycles. The Morgan fingerprint density at radius 1 is 1.27 bits per heavy atom. The number of fused-ring (bicyclic) bond motifs is 1. The molecule has 1 aromatic rings. The van der Waals surface area contributed by atoms with Gasteiger partial charge in [0, 0.05) is 51.5 Å². The van der Waals surface area contributed by atoms with Crippen molar-refractivity contribution in [1.29, 1.82) is 0 Å². The van der Waals surface area contributed by atoms with Gasteiger partial charge in [-0.3, -0.25) is 4.79 Å². The second-order valence-corrected chi connectivity index (χ2v) is 11.8. The van der Waals surface area contributed by atoms with Crippen molar-refractivity contribution in [2.24, 2.45) is 11.3 Å². The average molecular weight is 524 g/mol. The molecule has 2 aliphatic heterocycles. The van der Waals surface area contributed by atoms with E-state index in [1.54, 1.807) is 18.1 Å². The largest absolute Gasteiger partial charge is 0.416 e. The summed E-state index contributed by atoms with van der Waals surface area (Å²) in [6.07, 6.45) is 1.09. The lowest BCUT2D eigenvalue weighted by Crippen LogP contribution is -2.51. The Morgan fingerprint density at radius 3 is 2.76 bits per heavy atom. The summed E-state index contributed by atoms with van der Waals surface area (Å²) in [6.45, 7) is 4.99. The lowest BCUT2D eigenvalue weighted by molar-refractivity contribution is -0.144. The molecule has 5 rings (SSSR count). The predicted octanol–water partition coefficient (Wildman–Crippen LogP) is 3.86. The first-order chi connectivity index (χ1) is 17.6. The molecule has 2 saturated carbocycles. The van der Waals surface area contributed by atoms with Gasteiger partial charge in [-0.15, -0.1) is 0 Å². The molecule has 0 radical (unpaired) electrons. The van der Waals surface area contributed by atoms with E-state index in [9.17, 15) is 18.0 Å². The molecule has 0 spiro atoms. The Hall–Kier alpha value is -1.68. The second-order valence-electron chi connectivity index (χ2n) is 11.8. The zero-order valence-electron chi connectivity index (χ0n) is 22.2. The summed E-state index contributed by atoms with van der Waals surface area (Å²) in [5.74, 6) is 0.246. The number of nitrogens with zero attached hydrogens (tertiary/aromatic N) is 2. The highest BCUT2D eigenvalue weighted by atomic mass is 19.4. The number of hydrogen-bond donors (Lipinski definition) is 1. The third-order valence-corrected chi connectivity index (χ3v) is 9.20. The van der Waals surface area contributed by atoms with Crippen molar-refractivity contribution in [3.8, 4) is 0 Å². The van der Waals surface area contributed by atoms with Crippen LogP contribution in [0.2, 0.25) is 0 Å². The molecule has 4 aliphatic rings. The number of benzene rings is 1. The fraction of sp³-hybridized carbons (Fsp3) is 0.750. The Bertz CT molecular complexity index is 985. The van der Waals surface area contributed by atoms with Crippen LogP contribution in [0.3, 0.4) is 0 Å². The third kappa shape index (κ3) is 5.70. The lowest BCUT2D eigenvalue weighted by Gasteiger charge is -2.39. The summed E-state index contributed by atoms with van der Waals surface area (Å²) in [6, 6.07) is 4.92.